The third-order valence-electron chi connectivity index (χ3n) is 3.17. The molecule has 0 saturated carbocycles. The molecule has 2 nitrogen and oxygen atoms in total. The van der Waals surface area contributed by atoms with Crippen LogP contribution >= 0.6 is 0 Å². The Hall–Kier alpha value is -0.860. The van der Waals surface area contributed by atoms with Crippen molar-refractivity contribution in [2.24, 2.45) is 0 Å². The van der Waals surface area contributed by atoms with E-state index < -0.39 is 0 Å². The molecule has 1 rings (SSSR count). The van der Waals surface area contributed by atoms with Gasteiger partial charge in [-0.2, -0.15) is 0 Å². The fraction of sp³-hybridized carbons (Fsp3) is 0.600. The molecular formula is C15H26N2. The van der Waals surface area contributed by atoms with Gasteiger partial charge in [0.15, 0.2) is 0 Å². The summed E-state index contributed by atoms with van der Waals surface area (Å²) in [4.78, 5) is 0. The van der Waals surface area contributed by atoms with E-state index in [1.807, 2.05) is 0 Å². The van der Waals surface area contributed by atoms with Crippen molar-refractivity contribution >= 4 is 0 Å². The summed E-state index contributed by atoms with van der Waals surface area (Å²) in [5.74, 6) is 0. The lowest BCUT2D eigenvalue weighted by Crippen LogP contribution is -2.37. The maximum atomic E-state index is 3.52. The summed E-state index contributed by atoms with van der Waals surface area (Å²) in [5, 5.41) is 6.85. The van der Waals surface area contributed by atoms with Crippen molar-refractivity contribution in [2.45, 2.75) is 33.1 Å². The van der Waals surface area contributed by atoms with Crippen LogP contribution in [0.25, 0.3) is 0 Å². The molecule has 0 amide bonds. The summed E-state index contributed by atoms with van der Waals surface area (Å²) in [6.07, 6.45) is 0. The monoisotopic (exact) mass is 234 g/mol. The van der Waals surface area contributed by atoms with Crippen LogP contribution < -0.4 is 10.6 Å². The van der Waals surface area contributed by atoms with E-state index in [2.05, 4.69) is 62.6 Å². The third-order valence-corrected chi connectivity index (χ3v) is 3.17. The molecule has 17 heavy (non-hydrogen) atoms. The number of hydrogen-bond acceptors (Lipinski definition) is 2. The van der Waals surface area contributed by atoms with Gasteiger partial charge in [0.25, 0.3) is 0 Å². The van der Waals surface area contributed by atoms with E-state index in [1.54, 1.807) is 0 Å². The summed E-state index contributed by atoms with van der Waals surface area (Å²) in [6, 6.07) is 8.66. The van der Waals surface area contributed by atoms with Crippen LogP contribution in [-0.2, 0) is 5.41 Å². The van der Waals surface area contributed by atoms with Crippen molar-refractivity contribution < 1.29 is 0 Å². The van der Waals surface area contributed by atoms with Crippen LogP contribution in [0, 0.1) is 6.92 Å². The lowest BCUT2D eigenvalue weighted by atomic mass is 9.82. The van der Waals surface area contributed by atoms with Gasteiger partial charge in [0, 0.05) is 25.0 Å². The molecule has 0 aromatic heterocycles. The number of nitrogens with one attached hydrogen (secondary N) is 2. The number of rotatable bonds is 7. The highest BCUT2D eigenvalue weighted by Gasteiger charge is 2.21. The predicted octanol–water partition coefficient (Wildman–Crippen LogP) is 2.47. The van der Waals surface area contributed by atoms with E-state index in [-0.39, 0.29) is 5.41 Å². The van der Waals surface area contributed by atoms with Gasteiger partial charge in [0.1, 0.15) is 0 Å². The van der Waals surface area contributed by atoms with Crippen LogP contribution in [0.15, 0.2) is 24.3 Å². The molecule has 0 fully saturated rings. The van der Waals surface area contributed by atoms with Gasteiger partial charge in [-0.1, -0.05) is 45.0 Å². The Labute approximate surface area is 106 Å². The van der Waals surface area contributed by atoms with Crippen LogP contribution in [0.4, 0.5) is 0 Å². The summed E-state index contributed by atoms with van der Waals surface area (Å²) < 4.78 is 0. The Morgan fingerprint density at radius 1 is 1.06 bits per heavy atom. The van der Waals surface area contributed by atoms with Gasteiger partial charge in [-0.25, -0.2) is 0 Å². The normalized spacial score (nSPS) is 11.8. The molecule has 1 aromatic rings. The molecule has 96 valence electrons. The molecule has 0 unspecified atom stereocenters. The first-order valence-electron chi connectivity index (χ1n) is 6.55. The minimum atomic E-state index is 0.192. The fourth-order valence-electron chi connectivity index (χ4n) is 2.18. The zero-order chi connectivity index (χ0) is 12.7. The molecular weight excluding hydrogens is 208 g/mol. The molecule has 0 spiro atoms. The first kappa shape index (κ1) is 14.2. The quantitative estimate of drug-likeness (QED) is 0.708. The Bertz CT molecular complexity index is 331. The Kier molecular flexibility index (Phi) is 5.66. The minimum Gasteiger partial charge on any atom is -0.316 e. The average Bonchev–Trinajstić information content (AvgIpc) is 2.29. The summed E-state index contributed by atoms with van der Waals surface area (Å²) in [5.41, 5.74) is 3.01. The Morgan fingerprint density at radius 2 is 1.71 bits per heavy atom. The van der Waals surface area contributed by atoms with Crippen LogP contribution in [0.1, 0.15) is 31.9 Å². The lowest BCUT2D eigenvalue weighted by Gasteiger charge is -2.27. The fourth-order valence-corrected chi connectivity index (χ4v) is 2.18. The van der Waals surface area contributed by atoms with Gasteiger partial charge in [-0.3, -0.25) is 0 Å². The molecule has 2 N–H and O–H groups in total. The van der Waals surface area contributed by atoms with Crippen molar-refractivity contribution in [3.63, 3.8) is 0 Å². The molecule has 1 aromatic carbocycles. The molecule has 0 aliphatic carbocycles. The summed E-state index contributed by atoms with van der Waals surface area (Å²) >= 11 is 0. The number of benzene rings is 1. The maximum absolute atomic E-state index is 3.52. The van der Waals surface area contributed by atoms with E-state index in [9.17, 15) is 0 Å². The second-order valence-corrected chi connectivity index (χ2v) is 5.23. The van der Waals surface area contributed by atoms with Gasteiger partial charge in [0.2, 0.25) is 0 Å². The summed E-state index contributed by atoms with van der Waals surface area (Å²) in [7, 11) is 0. The van der Waals surface area contributed by atoms with Gasteiger partial charge in [0.05, 0.1) is 0 Å². The maximum Gasteiger partial charge on any atom is 0.00770 e. The van der Waals surface area contributed by atoms with Gasteiger partial charge >= 0.3 is 0 Å². The predicted molar refractivity (Wildman–Crippen MR) is 75.6 cm³/mol. The van der Waals surface area contributed by atoms with Crippen molar-refractivity contribution in [1.82, 2.24) is 10.6 Å². The van der Waals surface area contributed by atoms with Crippen LogP contribution in [0.2, 0.25) is 0 Å². The van der Waals surface area contributed by atoms with Crippen molar-refractivity contribution in [3.8, 4) is 0 Å². The van der Waals surface area contributed by atoms with E-state index in [0.29, 0.717) is 0 Å². The topological polar surface area (TPSA) is 24.1 Å². The summed E-state index contributed by atoms with van der Waals surface area (Å²) in [6.45, 7) is 13.1. The zero-order valence-electron chi connectivity index (χ0n) is 11.6. The van der Waals surface area contributed by atoms with Crippen molar-refractivity contribution in [2.75, 3.05) is 26.2 Å². The highest BCUT2D eigenvalue weighted by atomic mass is 14.9. The molecule has 2 heteroatoms. The highest BCUT2D eigenvalue weighted by Crippen LogP contribution is 2.25. The van der Waals surface area contributed by atoms with Crippen molar-refractivity contribution in [1.29, 1.82) is 0 Å². The van der Waals surface area contributed by atoms with Gasteiger partial charge in [-0.15, -0.1) is 0 Å². The number of aryl methyl sites for hydroxylation is 1. The van der Waals surface area contributed by atoms with Crippen LogP contribution in [-0.4, -0.2) is 26.2 Å². The molecule has 0 aliphatic heterocycles. The Morgan fingerprint density at radius 3 is 2.35 bits per heavy atom. The first-order chi connectivity index (χ1) is 8.08. The van der Waals surface area contributed by atoms with E-state index in [0.717, 1.165) is 26.2 Å². The molecule has 0 radical (unpaired) electrons. The van der Waals surface area contributed by atoms with Gasteiger partial charge in [-0.05, 0) is 24.6 Å². The number of hydrogen-bond donors (Lipinski definition) is 2. The third kappa shape index (κ3) is 4.49. The number of likely N-dealkylation sites (N-methyl/N-ethyl adjacent to an activating group) is 1. The standard InChI is InChI=1S/C15H26N2/c1-5-16-10-11-17-12-15(3,4)14-9-7-6-8-13(14)2/h6-9,16-17H,5,10-12H2,1-4H3. The average molecular weight is 234 g/mol. The largest absolute Gasteiger partial charge is 0.316 e. The molecule has 0 bridgehead atoms. The zero-order valence-corrected chi connectivity index (χ0v) is 11.6. The second kappa shape index (κ2) is 6.77. The minimum absolute atomic E-state index is 0.192. The van der Waals surface area contributed by atoms with E-state index in [4.69, 9.17) is 0 Å². The van der Waals surface area contributed by atoms with Gasteiger partial charge < -0.3 is 10.6 Å². The lowest BCUT2D eigenvalue weighted by molar-refractivity contribution is 0.464. The molecule has 0 heterocycles. The Balaban J connectivity index is 2.48. The van der Waals surface area contributed by atoms with E-state index >= 15 is 0 Å². The SMILES string of the molecule is CCNCCNCC(C)(C)c1ccccc1C. The second-order valence-electron chi connectivity index (χ2n) is 5.23. The van der Waals surface area contributed by atoms with Crippen LogP contribution in [0.3, 0.4) is 0 Å². The van der Waals surface area contributed by atoms with E-state index in [1.165, 1.54) is 11.1 Å². The smallest absolute Gasteiger partial charge is 0.00770 e. The first-order valence-corrected chi connectivity index (χ1v) is 6.55. The van der Waals surface area contributed by atoms with Crippen molar-refractivity contribution in [3.05, 3.63) is 35.4 Å². The molecule has 0 aliphatic rings. The molecule has 0 atom stereocenters. The highest BCUT2D eigenvalue weighted by molar-refractivity contribution is 5.32. The van der Waals surface area contributed by atoms with Crippen LogP contribution in [0.5, 0.6) is 0 Å². The molecule has 0 saturated heterocycles.